The van der Waals surface area contributed by atoms with Gasteiger partial charge < -0.3 is 4.42 Å². The van der Waals surface area contributed by atoms with Gasteiger partial charge in [-0.1, -0.05) is 35.0 Å². The summed E-state index contributed by atoms with van der Waals surface area (Å²) < 4.78 is 7.31. The average Bonchev–Trinajstić information content (AvgIpc) is 3.19. The molecule has 1 aromatic carbocycles. The van der Waals surface area contributed by atoms with E-state index in [2.05, 4.69) is 16.3 Å². The lowest BCUT2D eigenvalue weighted by Crippen LogP contribution is -2.05. The second-order valence-electron chi connectivity index (χ2n) is 4.99. The van der Waals surface area contributed by atoms with Crippen LogP contribution < -0.4 is 0 Å². The SMILES string of the molecule is C[C@@H](C#N)Sc1nnc(-c2ccc(Cl)cc2Cl)n1Cc1ccco1. The molecule has 0 amide bonds. The summed E-state index contributed by atoms with van der Waals surface area (Å²) in [6.07, 6.45) is 1.61. The maximum Gasteiger partial charge on any atom is 0.193 e. The minimum atomic E-state index is -0.252. The molecule has 0 fully saturated rings. The molecule has 3 rings (SSSR count). The van der Waals surface area contributed by atoms with Crippen LogP contribution in [0.15, 0.2) is 46.2 Å². The molecule has 2 aromatic heterocycles. The Morgan fingerprint density at radius 1 is 1.33 bits per heavy atom. The minimum Gasteiger partial charge on any atom is -0.467 e. The molecule has 0 unspecified atom stereocenters. The second-order valence-corrected chi connectivity index (χ2v) is 7.14. The number of hydrogen-bond donors (Lipinski definition) is 0. The molecule has 0 aliphatic rings. The number of benzene rings is 1. The Morgan fingerprint density at radius 3 is 2.83 bits per heavy atom. The molecule has 0 saturated heterocycles. The average molecular weight is 379 g/mol. The van der Waals surface area contributed by atoms with Crippen LogP contribution in [0.3, 0.4) is 0 Å². The van der Waals surface area contributed by atoms with Crippen LogP contribution in [0.25, 0.3) is 11.4 Å². The fourth-order valence-corrected chi connectivity index (χ4v) is 3.36. The summed E-state index contributed by atoms with van der Waals surface area (Å²) in [5.41, 5.74) is 0.719. The Kier molecular flexibility index (Phi) is 5.14. The largest absolute Gasteiger partial charge is 0.467 e. The summed E-state index contributed by atoms with van der Waals surface area (Å²) in [6, 6.07) is 11.1. The molecular formula is C16H12Cl2N4OS. The molecular weight excluding hydrogens is 367 g/mol. The van der Waals surface area contributed by atoms with E-state index in [1.54, 1.807) is 24.5 Å². The van der Waals surface area contributed by atoms with Crippen molar-refractivity contribution in [1.82, 2.24) is 14.8 Å². The highest BCUT2D eigenvalue weighted by Gasteiger charge is 2.19. The number of rotatable bonds is 5. The monoisotopic (exact) mass is 378 g/mol. The summed E-state index contributed by atoms with van der Waals surface area (Å²) in [5, 5.41) is 18.9. The Morgan fingerprint density at radius 2 is 2.17 bits per heavy atom. The molecule has 1 atom stereocenters. The van der Waals surface area contributed by atoms with E-state index in [1.807, 2.05) is 23.6 Å². The fraction of sp³-hybridized carbons (Fsp3) is 0.188. The lowest BCUT2D eigenvalue weighted by Gasteiger charge is -2.10. The molecule has 2 heterocycles. The molecule has 24 heavy (non-hydrogen) atoms. The van der Waals surface area contributed by atoms with Gasteiger partial charge in [-0.15, -0.1) is 10.2 Å². The third-order valence-corrected chi connectivity index (χ3v) is 4.77. The number of halogens is 2. The van der Waals surface area contributed by atoms with Gasteiger partial charge >= 0.3 is 0 Å². The van der Waals surface area contributed by atoms with Crippen LogP contribution in [0.4, 0.5) is 0 Å². The number of aromatic nitrogens is 3. The highest BCUT2D eigenvalue weighted by Crippen LogP contribution is 2.32. The van der Waals surface area contributed by atoms with Gasteiger partial charge in [0.2, 0.25) is 0 Å². The van der Waals surface area contributed by atoms with E-state index >= 15 is 0 Å². The van der Waals surface area contributed by atoms with E-state index in [1.165, 1.54) is 11.8 Å². The van der Waals surface area contributed by atoms with Gasteiger partial charge in [0.05, 0.1) is 29.1 Å². The minimum absolute atomic E-state index is 0.252. The highest BCUT2D eigenvalue weighted by molar-refractivity contribution is 8.00. The van der Waals surface area contributed by atoms with E-state index in [4.69, 9.17) is 32.9 Å². The van der Waals surface area contributed by atoms with Crippen molar-refractivity contribution in [2.75, 3.05) is 0 Å². The summed E-state index contributed by atoms with van der Waals surface area (Å²) >= 11 is 13.6. The Labute approximate surface area is 153 Å². The first-order chi connectivity index (χ1) is 11.6. The van der Waals surface area contributed by atoms with E-state index in [0.29, 0.717) is 27.6 Å². The van der Waals surface area contributed by atoms with Crippen molar-refractivity contribution in [3.05, 3.63) is 52.4 Å². The van der Waals surface area contributed by atoms with Crippen molar-refractivity contribution in [1.29, 1.82) is 5.26 Å². The van der Waals surface area contributed by atoms with Gasteiger partial charge in [0.1, 0.15) is 5.76 Å². The van der Waals surface area contributed by atoms with Crippen molar-refractivity contribution < 1.29 is 4.42 Å². The summed E-state index contributed by atoms with van der Waals surface area (Å²) in [5.74, 6) is 1.35. The predicted octanol–water partition coefficient (Wildman–Crippen LogP) is 4.90. The second kappa shape index (κ2) is 7.31. The molecule has 0 spiro atoms. The fourth-order valence-electron chi connectivity index (χ4n) is 2.13. The number of nitriles is 1. The van der Waals surface area contributed by atoms with E-state index in [9.17, 15) is 0 Å². The van der Waals surface area contributed by atoms with Crippen molar-refractivity contribution >= 4 is 35.0 Å². The quantitative estimate of drug-likeness (QED) is 0.590. The molecule has 122 valence electrons. The maximum atomic E-state index is 9.06. The van der Waals surface area contributed by atoms with Crippen LogP contribution in [-0.2, 0) is 6.54 Å². The standard InChI is InChI=1S/C16H12Cl2N4OS/c1-10(8-19)24-16-21-20-15(13-5-4-11(17)7-14(13)18)22(16)9-12-3-2-6-23-12/h2-7,10H,9H2,1H3/t10-/m0/s1. The third-order valence-electron chi connectivity index (χ3n) is 3.25. The van der Waals surface area contributed by atoms with Gasteiger partial charge in [0.15, 0.2) is 11.0 Å². The molecule has 0 radical (unpaired) electrons. The number of nitrogens with zero attached hydrogens (tertiary/aromatic N) is 4. The normalized spacial score (nSPS) is 12.1. The zero-order valence-electron chi connectivity index (χ0n) is 12.6. The zero-order chi connectivity index (χ0) is 17.1. The van der Waals surface area contributed by atoms with Crippen molar-refractivity contribution in [2.45, 2.75) is 23.9 Å². The van der Waals surface area contributed by atoms with Crippen LogP contribution in [0, 0.1) is 11.3 Å². The van der Waals surface area contributed by atoms with Gasteiger partial charge in [0, 0.05) is 10.6 Å². The highest BCUT2D eigenvalue weighted by atomic mass is 35.5. The molecule has 0 bridgehead atoms. The molecule has 0 saturated carbocycles. The Balaban J connectivity index is 2.06. The van der Waals surface area contributed by atoms with Crippen molar-refractivity contribution in [3.63, 3.8) is 0 Å². The maximum absolute atomic E-state index is 9.06. The molecule has 0 aliphatic heterocycles. The third kappa shape index (κ3) is 3.59. The topological polar surface area (TPSA) is 67.6 Å². The van der Waals surface area contributed by atoms with E-state index in [-0.39, 0.29) is 5.25 Å². The van der Waals surface area contributed by atoms with E-state index < -0.39 is 0 Å². The molecule has 3 aromatic rings. The Hall–Kier alpha value is -1.94. The summed E-state index contributed by atoms with van der Waals surface area (Å²) in [4.78, 5) is 0. The molecule has 0 aliphatic carbocycles. The van der Waals surface area contributed by atoms with Gasteiger partial charge in [-0.05, 0) is 37.3 Å². The van der Waals surface area contributed by atoms with Gasteiger partial charge in [0.25, 0.3) is 0 Å². The molecule has 0 N–H and O–H groups in total. The lowest BCUT2D eigenvalue weighted by atomic mass is 10.2. The van der Waals surface area contributed by atoms with Crippen LogP contribution >= 0.6 is 35.0 Å². The Bertz CT molecular complexity index is 886. The first-order valence-electron chi connectivity index (χ1n) is 7.05. The van der Waals surface area contributed by atoms with Crippen molar-refractivity contribution in [2.24, 2.45) is 0 Å². The molecule has 8 heteroatoms. The van der Waals surface area contributed by atoms with Crippen LogP contribution in [0.2, 0.25) is 10.0 Å². The predicted molar refractivity (Wildman–Crippen MR) is 94.2 cm³/mol. The van der Waals surface area contributed by atoms with E-state index in [0.717, 1.165) is 11.3 Å². The number of thioether (sulfide) groups is 1. The van der Waals surface area contributed by atoms with Gasteiger partial charge in [-0.3, -0.25) is 4.57 Å². The summed E-state index contributed by atoms with van der Waals surface area (Å²) in [6.45, 7) is 2.25. The van der Waals surface area contributed by atoms with Crippen molar-refractivity contribution in [3.8, 4) is 17.5 Å². The smallest absolute Gasteiger partial charge is 0.193 e. The van der Waals surface area contributed by atoms with Crippen LogP contribution in [0.1, 0.15) is 12.7 Å². The lowest BCUT2D eigenvalue weighted by molar-refractivity contribution is 0.485. The van der Waals surface area contributed by atoms with Crippen LogP contribution in [-0.4, -0.2) is 20.0 Å². The van der Waals surface area contributed by atoms with Crippen LogP contribution in [0.5, 0.6) is 0 Å². The van der Waals surface area contributed by atoms with Gasteiger partial charge in [-0.25, -0.2) is 0 Å². The molecule has 5 nitrogen and oxygen atoms in total. The first-order valence-corrected chi connectivity index (χ1v) is 8.69. The number of hydrogen-bond acceptors (Lipinski definition) is 5. The van der Waals surface area contributed by atoms with Gasteiger partial charge in [-0.2, -0.15) is 5.26 Å². The number of furan rings is 1. The summed E-state index contributed by atoms with van der Waals surface area (Å²) in [7, 11) is 0. The zero-order valence-corrected chi connectivity index (χ0v) is 14.9. The first kappa shape index (κ1) is 16.9.